The van der Waals surface area contributed by atoms with Crippen LogP contribution in [0, 0.1) is 0 Å². The third-order valence-corrected chi connectivity index (χ3v) is 3.84. The Morgan fingerprint density at radius 1 is 1.00 bits per heavy atom. The number of ether oxygens (including phenoxy) is 1. The van der Waals surface area contributed by atoms with Crippen LogP contribution in [0.1, 0.15) is 12.7 Å². The minimum Gasteiger partial charge on any atom is -0.467 e. The van der Waals surface area contributed by atoms with Gasteiger partial charge in [0.05, 0.1) is 18.5 Å². The number of nitrogens with one attached hydrogen (secondary N) is 1. The quantitative estimate of drug-likeness (QED) is 0.686. The van der Waals surface area contributed by atoms with Gasteiger partial charge in [0.2, 0.25) is 11.8 Å². The van der Waals surface area contributed by atoms with Crippen LogP contribution in [0.25, 0.3) is 0 Å². The first-order valence-corrected chi connectivity index (χ1v) is 8.51. The van der Waals surface area contributed by atoms with Gasteiger partial charge in [0.1, 0.15) is 18.1 Å². The zero-order valence-electron chi connectivity index (χ0n) is 14.9. The molecule has 0 saturated carbocycles. The summed E-state index contributed by atoms with van der Waals surface area (Å²) >= 11 is 0. The fraction of sp³-hybridized carbons (Fsp3) is 0.143. The molecule has 0 bridgehead atoms. The maximum absolute atomic E-state index is 12.5. The van der Waals surface area contributed by atoms with Gasteiger partial charge < -0.3 is 19.4 Å². The van der Waals surface area contributed by atoms with Crippen LogP contribution in [0.2, 0.25) is 0 Å². The first-order chi connectivity index (χ1) is 13.1. The maximum Gasteiger partial charge on any atom is 0.244 e. The minimum atomic E-state index is -0.319. The van der Waals surface area contributed by atoms with Crippen LogP contribution in [0.15, 0.2) is 77.4 Å². The molecule has 0 fully saturated rings. The van der Waals surface area contributed by atoms with Crippen molar-refractivity contribution >= 4 is 17.5 Å². The van der Waals surface area contributed by atoms with E-state index in [4.69, 9.17) is 9.15 Å². The Morgan fingerprint density at radius 2 is 1.74 bits per heavy atom. The molecule has 0 saturated heterocycles. The van der Waals surface area contributed by atoms with Crippen LogP contribution in [0.3, 0.4) is 0 Å². The van der Waals surface area contributed by atoms with E-state index < -0.39 is 0 Å². The summed E-state index contributed by atoms with van der Waals surface area (Å²) in [7, 11) is 0. The van der Waals surface area contributed by atoms with Gasteiger partial charge in [0, 0.05) is 6.92 Å². The molecule has 0 spiro atoms. The molecule has 2 aromatic carbocycles. The molecule has 0 radical (unpaired) electrons. The fourth-order valence-electron chi connectivity index (χ4n) is 2.51. The molecule has 6 heteroatoms. The summed E-state index contributed by atoms with van der Waals surface area (Å²) in [6, 6.07) is 20.0. The van der Waals surface area contributed by atoms with Crippen LogP contribution < -0.4 is 10.1 Å². The van der Waals surface area contributed by atoms with Gasteiger partial charge in [-0.2, -0.15) is 0 Å². The summed E-state index contributed by atoms with van der Waals surface area (Å²) in [4.78, 5) is 25.7. The van der Waals surface area contributed by atoms with E-state index in [0.29, 0.717) is 22.9 Å². The number of para-hydroxylation sites is 3. The number of carbonyl (C=O) groups is 2. The second kappa shape index (κ2) is 8.71. The average Bonchev–Trinajstić information content (AvgIpc) is 3.17. The molecule has 1 heterocycles. The molecular formula is C21H20N2O4. The zero-order valence-corrected chi connectivity index (χ0v) is 14.9. The Bertz CT molecular complexity index is 892. The lowest BCUT2D eigenvalue weighted by atomic mass is 10.2. The van der Waals surface area contributed by atoms with E-state index in [1.807, 2.05) is 36.4 Å². The summed E-state index contributed by atoms with van der Waals surface area (Å²) in [5.41, 5.74) is 0.535. The molecule has 0 aliphatic carbocycles. The van der Waals surface area contributed by atoms with E-state index in [1.54, 1.807) is 30.3 Å². The Balaban J connectivity index is 1.67. The number of hydrogen-bond donors (Lipinski definition) is 1. The number of carbonyl (C=O) groups excluding carboxylic acids is 2. The second-order valence-corrected chi connectivity index (χ2v) is 5.91. The molecule has 3 rings (SSSR count). The van der Waals surface area contributed by atoms with Crippen molar-refractivity contribution < 1.29 is 18.7 Å². The number of rotatable bonds is 7. The number of hydrogen-bond acceptors (Lipinski definition) is 4. The molecular weight excluding hydrogens is 344 g/mol. The predicted molar refractivity (Wildman–Crippen MR) is 101 cm³/mol. The van der Waals surface area contributed by atoms with Crippen molar-refractivity contribution in [1.29, 1.82) is 0 Å². The smallest absolute Gasteiger partial charge is 0.244 e. The lowest BCUT2D eigenvalue weighted by molar-refractivity contribution is -0.133. The van der Waals surface area contributed by atoms with E-state index in [0.717, 1.165) is 0 Å². The van der Waals surface area contributed by atoms with Gasteiger partial charge in [-0.3, -0.25) is 9.59 Å². The largest absolute Gasteiger partial charge is 0.467 e. The Kier molecular flexibility index (Phi) is 5.89. The lowest BCUT2D eigenvalue weighted by Gasteiger charge is -2.20. The topological polar surface area (TPSA) is 71.8 Å². The molecule has 0 aliphatic rings. The second-order valence-electron chi connectivity index (χ2n) is 5.91. The van der Waals surface area contributed by atoms with E-state index in [1.165, 1.54) is 18.1 Å². The van der Waals surface area contributed by atoms with Crippen molar-refractivity contribution in [3.63, 3.8) is 0 Å². The normalized spacial score (nSPS) is 10.3. The monoisotopic (exact) mass is 364 g/mol. The van der Waals surface area contributed by atoms with Crippen LogP contribution in [-0.4, -0.2) is 23.3 Å². The summed E-state index contributed by atoms with van der Waals surface area (Å²) in [5.74, 6) is 1.28. The highest BCUT2D eigenvalue weighted by atomic mass is 16.5. The summed E-state index contributed by atoms with van der Waals surface area (Å²) in [6.45, 7) is 1.57. The number of nitrogens with zero attached hydrogens (tertiary/aromatic N) is 1. The minimum absolute atomic E-state index is 0.0876. The molecule has 0 unspecified atom stereocenters. The SMILES string of the molecule is CC(=O)N(CC(=O)Nc1ccccc1Oc1ccccc1)Cc1ccco1. The molecule has 1 N–H and O–H groups in total. The Hall–Kier alpha value is -3.54. The Morgan fingerprint density at radius 3 is 2.44 bits per heavy atom. The van der Waals surface area contributed by atoms with Crippen molar-refractivity contribution in [3.8, 4) is 11.5 Å². The standard InChI is InChI=1S/C21H20N2O4/c1-16(24)23(14-18-10-7-13-26-18)15-21(25)22-19-11-5-6-12-20(19)27-17-8-3-2-4-9-17/h2-13H,14-15H2,1H3,(H,22,25). The third-order valence-electron chi connectivity index (χ3n) is 3.84. The van der Waals surface area contributed by atoms with Crippen molar-refractivity contribution in [2.75, 3.05) is 11.9 Å². The zero-order chi connectivity index (χ0) is 19.1. The summed E-state index contributed by atoms with van der Waals surface area (Å²) in [6.07, 6.45) is 1.53. The van der Waals surface area contributed by atoms with Gasteiger partial charge in [-0.15, -0.1) is 0 Å². The first-order valence-electron chi connectivity index (χ1n) is 8.51. The molecule has 3 aromatic rings. The van der Waals surface area contributed by atoms with Crippen LogP contribution >= 0.6 is 0 Å². The van der Waals surface area contributed by atoms with Crippen LogP contribution in [0.5, 0.6) is 11.5 Å². The van der Waals surface area contributed by atoms with E-state index >= 15 is 0 Å². The average molecular weight is 364 g/mol. The molecule has 1 aromatic heterocycles. The molecule has 2 amide bonds. The van der Waals surface area contributed by atoms with Gasteiger partial charge in [-0.05, 0) is 36.4 Å². The Labute approximate surface area is 157 Å². The first kappa shape index (κ1) is 18.3. The lowest BCUT2D eigenvalue weighted by Crippen LogP contribution is -2.36. The highest BCUT2D eigenvalue weighted by Crippen LogP contribution is 2.29. The van der Waals surface area contributed by atoms with E-state index in [9.17, 15) is 9.59 Å². The van der Waals surface area contributed by atoms with Gasteiger partial charge in [-0.1, -0.05) is 30.3 Å². The fourth-order valence-corrected chi connectivity index (χ4v) is 2.51. The highest BCUT2D eigenvalue weighted by molar-refractivity contribution is 5.95. The van der Waals surface area contributed by atoms with E-state index in [-0.39, 0.29) is 24.9 Å². The van der Waals surface area contributed by atoms with Gasteiger partial charge in [0.25, 0.3) is 0 Å². The van der Waals surface area contributed by atoms with Crippen molar-refractivity contribution in [2.24, 2.45) is 0 Å². The molecule has 6 nitrogen and oxygen atoms in total. The third kappa shape index (κ3) is 5.22. The molecule has 0 aliphatic heterocycles. The van der Waals surface area contributed by atoms with E-state index in [2.05, 4.69) is 5.32 Å². The van der Waals surface area contributed by atoms with Crippen LogP contribution in [0.4, 0.5) is 5.69 Å². The molecule has 0 atom stereocenters. The number of amides is 2. The molecule has 138 valence electrons. The highest BCUT2D eigenvalue weighted by Gasteiger charge is 2.16. The summed E-state index contributed by atoms with van der Waals surface area (Å²) < 4.78 is 11.1. The van der Waals surface area contributed by atoms with Crippen LogP contribution in [-0.2, 0) is 16.1 Å². The number of benzene rings is 2. The van der Waals surface area contributed by atoms with Gasteiger partial charge in [0.15, 0.2) is 5.75 Å². The van der Waals surface area contributed by atoms with Crippen molar-refractivity contribution in [2.45, 2.75) is 13.5 Å². The summed E-state index contributed by atoms with van der Waals surface area (Å²) in [5, 5.41) is 2.81. The van der Waals surface area contributed by atoms with Gasteiger partial charge >= 0.3 is 0 Å². The molecule has 27 heavy (non-hydrogen) atoms. The van der Waals surface area contributed by atoms with Crippen molar-refractivity contribution in [1.82, 2.24) is 4.90 Å². The predicted octanol–water partition coefficient (Wildman–Crippen LogP) is 4.06. The van der Waals surface area contributed by atoms with Crippen molar-refractivity contribution in [3.05, 3.63) is 78.8 Å². The number of anilines is 1. The van der Waals surface area contributed by atoms with Gasteiger partial charge in [-0.25, -0.2) is 0 Å². The maximum atomic E-state index is 12.5. The number of furan rings is 1.